The molecule has 1 amide bonds. The van der Waals surface area contributed by atoms with E-state index in [1.807, 2.05) is 4.90 Å². The van der Waals surface area contributed by atoms with Crippen LogP contribution in [0.5, 0.6) is 0 Å². The number of nitrogens with two attached hydrogens (primary N) is 1. The Bertz CT molecular complexity index is 230. The summed E-state index contributed by atoms with van der Waals surface area (Å²) in [6, 6.07) is 0.192. The summed E-state index contributed by atoms with van der Waals surface area (Å²) in [5.74, 6) is 0.133. The molecule has 1 saturated heterocycles. The fourth-order valence-electron chi connectivity index (χ4n) is 2.25. The zero-order valence-electron chi connectivity index (χ0n) is 10.8. The van der Waals surface area contributed by atoms with Crippen molar-refractivity contribution >= 4 is 5.91 Å². The monoisotopic (exact) mass is 227 g/mol. The van der Waals surface area contributed by atoms with E-state index in [2.05, 4.69) is 25.9 Å². The third kappa shape index (κ3) is 3.46. The molecule has 1 aliphatic heterocycles. The Morgan fingerprint density at radius 1 is 1.56 bits per heavy atom. The Hall–Kier alpha value is -0.610. The predicted octanol–water partition coefficient (Wildman–Crippen LogP) is 0.666. The topological polar surface area (TPSA) is 49.6 Å². The number of nitrogens with zero attached hydrogens (tertiary/aromatic N) is 2. The molecule has 4 nitrogen and oxygen atoms in total. The number of carbonyl (C=O) groups is 1. The summed E-state index contributed by atoms with van der Waals surface area (Å²) in [6.07, 6.45) is 4.03. The molecule has 0 bridgehead atoms. The number of likely N-dealkylation sites (tertiary alicyclic amines) is 1. The molecule has 0 aliphatic carbocycles. The molecule has 0 aromatic carbocycles. The highest BCUT2D eigenvalue weighted by Gasteiger charge is 2.27. The van der Waals surface area contributed by atoms with Crippen LogP contribution in [0.4, 0.5) is 0 Å². The first kappa shape index (κ1) is 13.5. The molecule has 4 heteroatoms. The summed E-state index contributed by atoms with van der Waals surface area (Å²) in [5, 5.41) is 0. The Kier molecular flexibility index (Phi) is 5.22. The van der Waals surface area contributed by atoms with Gasteiger partial charge in [0, 0.05) is 19.1 Å². The SMILES string of the molecule is CCC[C@@H](N)C(=O)N1CCCC(N(C)C)C1. The Labute approximate surface area is 98.8 Å². The van der Waals surface area contributed by atoms with Gasteiger partial charge >= 0.3 is 0 Å². The highest BCUT2D eigenvalue weighted by molar-refractivity contribution is 5.81. The number of rotatable bonds is 4. The van der Waals surface area contributed by atoms with E-state index in [1.165, 1.54) is 6.42 Å². The lowest BCUT2D eigenvalue weighted by atomic mass is 10.0. The molecule has 94 valence electrons. The molecule has 0 saturated carbocycles. The van der Waals surface area contributed by atoms with Crippen LogP contribution in [0, 0.1) is 0 Å². The summed E-state index contributed by atoms with van der Waals surface area (Å²) >= 11 is 0. The first-order valence-electron chi connectivity index (χ1n) is 6.27. The maximum atomic E-state index is 12.0. The highest BCUT2D eigenvalue weighted by atomic mass is 16.2. The smallest absolute Gasteiger partial charge is 0.239 e. The number of amides is 1. The third-order valence-electron chi connectivity index (χ3n) is 3.36. The zero-order chi connectivity index (χ0) is 12.1. The van der Waals surface area contributed by atoms with Gasteiger partial charge in [0.25, 0.3) is 0 Å². The van der Waals surface area contributed by atoms with Crippen LogP contribution in [0.3, 0.4) is 0 Å². The highest BCUT2D eigenvalue weighted by Crippen LogP contribution is 2.15. The molecule has 0 aromatic rings. The molecule has 1 fully saturated rings. The van der Waals surface area contributed by atoms with E-state index in [0.29, 0.717) is 6.04 Å². The number of likely N-dealkylation sites (N-methyl/N-ethyl adjacent to an activating group) is 1. The van der Waals surface area contributed by atoms with Gasteiger partial charge < -0.3 is 15.5 Å². The van der Waals surface area contributed by atoms with E-state index in [0.717, 1.165) is 32.4 Å². The summed E-state index contributed by atoms with van der Waals surface area (Å²) in [4.78, 5) is 16.2. The van der Waals surface area contributed by atoms with Crippen molar-refractivity contribution in [2.75, 3.05) is 27.2 Å². The largest absolute Gasteiger partial charge is 0.340 e. The molecule has 1 aliphatic rings. The Balaban J connectivity index is 2.49. The molecule has 0 aromatic heterocycles. The standard InChI is InChI=1S/C12H25N3O/c1-4-6-11(13)12(16)15-8-5-7-10(9-15)14(2)3/h10-11H,4-9,13H2,1-3H3/t10?,11-/m1/s1. The minimum absolute atomic E-state index is 0.133. The van der Waals surface area contributed by atoms with Gasteiger partial charge in [-0.05, 0) is 33.4 Å². The number of hydrogen-bond acceptors (Lipinski definition) is 3. The molecule has 2 atom stereocenters. The second-order valence-corrected chi connectivity index (χ2v) is 4.94. The van der Waals surface area contributed by atoms with Crippen LogP contribution < -0.4 is 5.73 Å². The lowest BCUT2D eigenvalue weighted by Crippen LogP contribution is -2.52. The van der Waals surface area contributed by atoms with Crippen LogP contribution in [0.25, 0.3) is 0 Å². The van der Waals surface area contributed by atoms with Gasteiger partial charge in [0.2, 0.25) is 5.91 Å². The van der Waals surface area contributed by atoms with Crippen LogP contribution in [0.2, 0.25) is 0 Å². The Morgan fingerprint density at radius 3 is 2.81 bits per heavy atom. The van der Waals surface area contributed by atoms with Crippen LogP contribution in [0.1, 0.15) is 32.6 Å². The first-order valence-corrected chi connectivity index (χ1v) is 6.27. The minimum atomic E-state index is -0.300. The lowest BCUT2D eigenvalue weighted by molar-refractivity contribution is -0.134. The van der Waals surface area contributed by atoms with Crippen molar-refractivity contribution in [3.63, 3.8) is 0 Å². The van der Waals surface area contributed by atoms with Gasteiger partial charge in [-0.2, -0.15) is 0 Å². The molecule has 0 radical (unpaired) electrons. The van der Waals surface area contributed by atoms with Gasteiger partial charge in [0.15, 0.2) is 0 Å². The van der Waals surface area contributed by atoms with E-state index >= 15 is 0 Å². The maximum Gasteiger partial charge on any atom is 0.239 e. The summed E-state index contributed by atoms with van der Waals surface area (Å²) in [7, 11) is 4.15. The van der Waals surface area contributed by atoms with Crippen LogP contribution >= 0.6 is 0 Å². The lowest BCUT2D eigenvalue weighted by Gasteiger charge is -2.37. The van der Waals surface area contributed by atoms with E-state index in [9.17, 15) is 4.79 Å². The number of piperidine rings is 1. The predicted molar refractivity (Wildman–Crippen MR) is 66.2 cm³/mol. The molecule has 16 heavy (non-hydrogen) atoms. The van der Waals surface area contributed by atoms with E-state index < -0.39 is 0 Å². The molecule has 2 N–H and O–H groups in total. The van der Waals surface area contributed by atoms with Gasteiger partial charge in [0.1, 0.15) is 0 Å². The number of carbonyl (C=O) groups excluding carboxylic acids is 1. The third-order valence-corrected chi connectivity index (χ3v) is 3.36. The molecule has 1 heterocycles. The van der Waals surface area contributed by atoms with Gasteiger partial charge in [-0.25, -0.2) is 0 Å². The minimum Gasteiger partial charge on any atom is -0.340 e. The molecule has 1 rings (SSSR count). The van der Waals surface area contributed by atoms with Gasteiger partial charge in [-0.15, -0.1) is 0 Å². The molecular weight excluding hydrogens is 202 g/mol. The van der Waals surface area contributed by atoms with Crippen molar-refractivity contribution in [1.29, 1.82) is 0 Å². The van der Waals surface area contributed by atoms with Gasteiger partial charge in [-0.1, -0.05) is 13.3 Å². The second-order valence-electron chi connectivity index (χ2n) is 4.94. The fraction of sp³-hybridized carbons (Fsp3) is 0.917. The summed E-state index contributed by atoms with van der Waals surface area (Å²) < 4.78 is 0. The Morgan fingerprint density at radius 2 is 2.25 bits per heavy atom. The van der Waals surface area contributed by atoms with Crippen molar-refractivity contribution < 1.29 is 4.79 Å². The fourth-order valence-corrected chi connectivity index (χ4v) is 2.25. The average molecular weight is 227 g/mol. The number of hydrogen-bond donors (Lipinski definition) is 1. The normalized spacial score (nSPS) is 23.6. The summed E-state index contributed by atoms with van der Waals surface area (Å²) in [6.45, 7) is 3.77. The first-order chi connectivity index (χ1) is 7.56. The van der Waals surface area contributed by atoms with Crippen LogP contribution in [-0.4, -0.2) is 55.0 Å². The molecule has 0 spiro atoms. The zero-order valence-corrected chi connectivity index (χ0v) is 10.8. The van der Waals surface area contributed by atoms with E-state index in [-0.39, 0.29) is 11.9 Å². The van der Waals surface area contributed by atoms with Crippen LogP contribution in [0.15, 0.2) is 0 Å². The summed E-state index contributed by atoms with van der Waals surface area (Å²) in [5.41, 5.74) is 5.88. The van der Waals surface area contributed by atoms with Crippen molar-refractivity contribution in [2.45, 2.75) is 44.7 Å². The van der Waals surface area contributed by atoms with Gasteiger partial charge in [0.05, 0.1) is 6.04 Å². The van der Waals surface area contributed by atoms with Gasteiger partial charge in [-0.3, -0.25) is 4.79 Å². The van der Waals surface area contributed by atoms with Crippen LogP contribution in [-0.2, 0) is 4.79 Å². The second kappa shape index (κ2) is 6.21. The van der Waals surface area contributed by atoms with Crippen molar-refractivity contribution in [3.05, 3.63) is 0 Å². The van der Waals surface area contributed by atoms with Crippen molar-refractivity contribution in [3.8, 4) is 0 Å². The maximum absolute atomic E-state index is 12.0. The van der Waals surface area contributed by atoms with Crippen molar-refractivity contribution in [1.82, 2.24) is 9.80 Å². The molecular formula is C12H25N3O. The molecule has 1 unspecified atom stereocenters. The van der Waals surface area contributed by atoms with E-state index in [4.69, 9.17) is 5.73 Å². The van der Waals surface area contributed by atoms with E-state index in [1.54, 1.807) is 0 Å². The quantitative estimate of drug-likeness (QED) is 0.768. The van der Waals surface area contributed by atoms with Crippen molar-refractivity contribution in [2.24, 2.45) is 5.73 Å². The average Bonchev–Trinajstić information content (AvgIpc) is 2.28.